The Kier molecular flexibility index (Phi) is 11.2. The van der Waals surface area contributed by atoms with Crippen LogP contribution in [-0.2, 0) is 0 Å². The summed E-state index contributed by atoms with van der Waals surface area (Å²) in [5.74, 6) is -1.59. The summed E-state index contributed by atoms with van der Waals surface area (Å²) in [5, 5.41) is 23.0. The molecule has 1 rings (SSSR count). The lowest BCUT2D eigenvalue weighted by Gasteiger charge is -2.25. The number of hydrogen-bond donors (Lipinski definition) is 4. The van der Waals surface area contributed by atoms with Crippen LogP contribution >= 0.6 is 0 Å². The van der Waals surface area contributed by atoms with E-state index >= 15 is 0 Å². The molecule has 5 N–H and O–H groups in total. The maximum absolute atomic E-state index is 13.0. The molecule has 8 nitrogen and oxygen atoms in total. The third kappa shape index (κ3) is 7.95. The number of benzene rings is 1. The number of carbonyl (C=O) groups is 3. The lowest BCUT2D eigenvalue weighted by molar-refractivity contribution is -0.00457. The van der Waals surface area contributed by atoms with Crippen LogP contribution in [0.1, 0.15) is 90.9 Å². The first-order valence-electron chi connectivity index (χ1n) is 11.1. The van der Waals surface area contributed by atoms with Crippen molar-refractivity contribution in [2.75, 3.05) is 13.1 Å². The Labute approximate surface area is 184 Å². The van der Waals surface area contributed by atoms with Crippen molar-refractivity contribution in [3.05, 3.63) is 34.9 Å². The van der Waals surface area contributed by atoms with Gasteiger partial charge in [-0.05, 0) is 44.4 Å². The number of hydrogen-bond acceptors (Lipinski definition) is 5. The van der Waals surface area contributed by atoms with Crippen molar-refractivity contribution in [2.24, 2.45) is 5.73 Å². The van der Waals surface area contributed by atoms with Crippen LogP contribution in [0.2, 0.25) is 0 Å². The molecule has 0 aliphatic carbocycles. The van der Waals surface area contributed by atoms with Gasteiger partial charge in [0.25, 0.3) is 11.8 Å². The molecule has 3 atom stereocenters. The largest absolute Gasteiger partial charge is 0.390 e. The standard InChI is InChI=1S/C23H37N3O5/c1-5-8-9-19(27)20(28)15(4)25-22(30)17-12-16(21(24)29)13-18(14-17)23(31)26(10-6-2)11-7-3/h12-15,19-20,27-28H,5-11H2,1-4H3,(H2,24,29)(H,25,30). The lowest BCUT2D eigenvalue weighted by Crippen LogP contribution is -2.46. The number of aliphatic hydroxyl groups is 2. The van der Waals surface area contributed by atoms with Crippen LogP contribution in [0.15, 0.2) is 18.2 Å². The van der Waals surface area contributed by atoms with E-state index in [1.165, 1.54) is 18.2 Å². The number of aliphatic hydroxyl groups excluding tert-OH is 2. The molecule has 0 fully saturated rings. The second-order valence-corrected chi connectivity index (χ2v) is 7.92. The Balaban J connectivity index is 3.11. The van der Waals surface area contributed by atoms with E-state index in [4.69, 9.17) is 5.73 Å². The summed E-state index contributed by atoms with van der Waals surface area (Å²) in [6, 6.07) is 3.42. The molecule has 0 radical (unpaired) electrons. The first-order valence-corrected chi connectivity index (χ1v) is 11.1. The van der Waals surface area contributed by atoms with Gasteiger partial charge in [-0.1, -0.05) is 33.6 Å². The number of rotatable bonds is 13. The van der Waals surface area contributed by atoms with E-state index in [2.05, 4.69) is 5.32 Å². The van der Waals surface area contributed by atoms with Gasteiger partial charge in [0.15, 0.2) is 0 Å². The van der Waals surface area contributed by atoms with E-state index < -0.39 is 30.1 Å². The minimum absolute atomic E-state index is 0.0557. The van der Waals surface area contributed by atoms with Crippen LogP contribution < -0.4 is 11.1 Å². The molecule has 8 heteroatoms. The van der Waals surface area contributed by atoms with Crippen molar-refractivity contribution >= 4 is 17.7 Å². The average Bonchev–Trinajstić information content (AvgIpc) is 2.75. The fraction of sp³-hybridized carbons (Fsp3) is 0.609. The van der Waals surface area contributed by atoms with Gasteiger partial charge in [-0.3, -0.25) is 14.4 Å². The number of carbonyl (C=O) groups excluding carboxylic acids is 3. The third-order valence-electron chi connectivity index (χ3n) is 5.12. The molecule has 0 aliphatic heterocycles. The summed E-state index contributed by atoms with van der Waals surface area (Å²) in [6.45, 7) is 8.64. The van der Waals surface area contributed by atoms with Crippen molar-refractivity contribution < 1.29 is 24.6 Å². The van der Waals surface area contributed by atoms with Crippen molar-refractivity contribution in [2.45, 2.75) is 78.0 Å². The Morgan fingerprint density at radius 2 is 1.52 bits per heavy atom. The van der Waals surface area contributed by atoms with Crippen LogP contribution in [0.3, 0.4) is 0 Å². The maximum atomic E-state index is 13.0. The summed E-state index contributed by atoms with van der Waals surface area (Å²) >= 11 is 0. The Morgan fingerprint density at radius 1 is 0.968 bits per heavy atom. The van der Waals surface area contributed by atoms with Gasteiger partial charge in [0.1, 0.15) is 0 Å². The molecular weight excluding hydrogens is 398 g/mol. The highest BCUT2D eigenvalue weighted by molar-refractivity contribution is 6.04. The van der Waals surface area contributed by atoms with E-state index in [1.54, 1.807) is 11.8 Å². The average molecular weight is 436 g/mol. The molecular formula is C23H37N3O5. The minimum Gasteiger partial charge on any atom is -0.390 e. The van der Waals surface area contributed by atoms with Crippen LogP contribution in [-0.4, -0.2) is 64.2 Å². The highest BCUT2D eigenvalue weighted by atomic mass is 16.3. The molecule has 3 amide bonds. The van der Waals surface area contributed by atoms with Gasteiger partial charge in [-0.15, -0.1) is 0 Å². The predicted molar refractivity (Wildman–Crippen MR) is 120 cm³/mol. The van der Waals surface area contributed by atoms with E-state index in [0.29, 0.717) is 19.5 Å². The fourth-order valence-electron chi connectivity index (χ4n) is 3.35. The Morgan fingerprint density at radius 3 is 2.03 bits per heavy atom. The van der Waals surface area contributed by atoms with E-state index in [0.717, 1.165) is 25.7 Å². The van der Waals surface area contributed by atoms with Gasteiger partial charge in [0.2, 0.25) is 5.91 Å². The smallest absolute Gasteiger partial charge is 0.253 e. The number of unbranched alkanes of at least 4 members (excludes halogenated alkanes) is 1. The molecule has 31 heavy (non-hydrogen) atoms. The quantitative estimate of drug-likeness (QED) is 0.376. The maximum Gasteiger partial charge on any atom is 0.253 e. The lowest BCUT2D eigenvalue weighted by atomic mass is 10.0. The van der Waals surface area contributed by atoms with Gasteiger partial charge in [-0.2, -0.15) is 0 Å². The van der Waals surface area contributed by atoms with Gasteiger partial charge < -0.3 is 26.2 Å². The molecule has 1 aromatic carbocycles. The number of nitrogens with one attached hydrogen (secondary N) is 1. The zero-order chi connectivity index (χ0) is 23.6. The molecule has 3 unspecified atom stereocenters. The van der Waals surface area contributed by atoms with Crippen LogP contribution in [0.25, 0.3) is 0 Å². The van der Waals surface area contributed by atoms with Crippen molar-refractivity contribution in [3.8, 4) is 0 Å². The zero-order valence-corrected chi connectivity index (χ0v) is 19.1. The minimum atomic E-state index is -1.14. The van der Waals surface area contributed by atoms with Gasteiger partial charge in [0.05, 0.1) is 18.2 Å². The monoisotopic (exact) mass is 435 g/mol. The van der Waals surface area contributed by atoms with Crippen LogP contribution in [0.4, 0.5) is 0 Å². The molecule has 1 aromatic rings. The molecule has 0 saturated carbocycles. The molecule has 0 aliphatic rings. The first-order chi connectivity index (χ1) is 14.7. The summed E-state index contributed by atoms with van der Waals surface area (Å²) in [6.07, 6.45) is 1.54. The second-order valence-electron chi connectivity index (χ2n) is 7.92. The molecule has 0 spiro atoms. The van der Waals surface area contributed by atoms with E-state index in [9.17, 15) is 24.6 Å². The van der Waals surface area contributed by atoms with Gasteiger partial charge in [-0.25, -0.2) is 0 Å². The Hall–Kier alpha value is -2.45. The summed E-state index contributed by atoms with van der Waals surface area (Å²) in [7, 11) is 0. The topological polar surface area (TPSA) is 133 Å². The highest BCUT2D eigenvalue weighted by Crippen LogP contribution is 2.15. The number of amides is 3. The fourth-order valence-corrected chi connectivity index (χ4v) is 3.35. The van der Waals surface area contributed by atoms with Crippen LogP contribution in [0.5, 0.6) is 0 Å². The normalized spacial score (nSPS) is 13.9. The summed E-state index contributed by atoms with van der Waals surface area (Å²) in [5.41, 5.74) is 5.77. The third-order valence-corrected chi connectivity index (χ3v) is 5.12. The SMILES string of the molecule is CCCCC(O)C(O)C(C)NC(=O)c1cc(C(N)=O)cc(C(=O)N(CCC)CCC)c1. The molecule has 0 bridgehead atoms. The molecule has 0 saturated heterocycles. The van der Waals surface area contributed by atoms with E-state index in [1.807, 2.05) is 20.8 Å². The van der Waals surface area contributed by atoms with Crippen LogP contribution in [0, 0.1) is 0 Å². The van der Waals surface area contributed by atoms with Crippen molar-refractivity contribution in [1.82, 2.24) is 10.2 Å². The number of nitrogens with zero attached hydrogens (tertiary/aromatic N) is 1. The van der Waals surface area contributed by atoms with Crippen molar-refractivity contribution in [3.63, 3.8) is 0 Å². The highest BCUT2D eigenvalue weighted by Gasteiger charge is 2.25. The predicted octanol–water partition coefficient (Wildman–Crippen LogP) is 2.08. The van der Waals surface area contributed by atoms with Gasteiger partial charge >= 0.3 is 0 Å². The van der Waals surface area contributed by atoms with Crippen molar-refractivity contribution in [1.29, 1.82) is 0 Å². The molecule has 174 valence electrons. The van der Waals surface area contributed by atoms with Gasteiger partial charge in [0, 0.05) is 29.8 Å². The summed E-state index contributed by atoms with van der Waals surface area (Å²) < 4.78 is 0. The summed E-state index contributed by atoms with van der Waals surface area (Å²) in [4.78, 5) is 39.2. The number of nitrogens with two attached hydrogens (primary N) is 1. The first kappa shape index (κ1) is 26.6. The second kappa shape index (κ2) is 13.1. The zero-order valence-electron chi connectivity index (χ0n) is 19.1. The molecule has 0 heterocycles. The number of primary amides is 1. The Bertz CT molecular complexity index is 747. The molecule has 0 aromatic heterocycles. The van der Waals surface area contributed by atoms with E-state index in [-0.39, 0.29) is 22.6 Å².